The molecule has 0 aliphatic carbocycles. The van der Waals surface area contributed by atoms with Gasteiger partial charge in [0.1, 0.15) is 5.75 Å². The first kappa shape index (κ1) is 26.9. The predicted octanol–water partition coefficient (Wildman–Crippen LogP) is 6.87. The van der Waals surface area contributed by atoms with E-state index < -0.39 is 17.8 Å². The number of hydrogen-bond donors (Lipinski definition) is 1. The van der Waals surface area contributed by atoms with Gasteiger partial charge in [-0.1, -0.05) is 0 Å². The van der Waals surface area contributed by atoms with Crippen LogP contribution < -0.4 is 10.1 Å². The summed E-state index contributed by atoms with van der Waals surface area (Å²) in [7, 11) is 0. The molecule has 0 bridgehead atoms. The van der Waals surface area contributed by atoms with Gasteiger partial charge in [-0.2, -0.15) is 0 Å². The lowest BCUT2D eigenvalue weighted by Crippen LogP contribution is -2.31. The summed E-state index contributed by atoms with van der Waals surface area (Å²) >= 11 is 13.6. The van der Waals surface area contributed by atoms with E-state index in [9.17, 15) is 14.4 Å². The molecule has 0 spiro atoms. The fourth-order valence-electron chi connectivity index (χ4n) is 3.68. The number of nitrogens with one attached hydrogen (secondary N) is 1. The van der Waals surface area contributed by atoms with Gasteiger partial charge in [0.25, 0.3) is 11.8 Å². The number of halogens is 4. The third kappa shape index (κ3) is 5.56. The number of carbonyl (C=O) groups is 3. The molecule has 4 rings (SSSR count). The highest BCUT2D eigenvalue weighted by atomic mass is 79.9. The summed E-state index contributed by atoms with van der Waals surface area (Å²) < 4.78 is 7.64. The molecular weight excluding hydrogens is 728 g/mol. The van der Waals surface area contributed by atoms with Crippen molar-refractivity contribution in [3.8, 4) is 5.75 Å². The second-order valence-corrected chi connectivity index (χ2v) is 11.1. The van der Waals surface area contributed by atoms with Gasteiger partial charge in [-0.3, -0.25) is 19.3 Å². The molecule has 1 aromatic heterocycles. The average Bonchev–Trinajstić information content (AvgIpc) is 3.07. The molecule has 3 aromatic rings. The van der Waals surface area contributed by atoms with Crippen LogP contribution in [-0.4, -0.2) is 39.2 Å². The molecule has 0 radical (unpaired) electrons. The van der Waals surface area contributed by atoms with Crippen LogP contribution in [0.25, 0.3) is 0 Å². The van der Waals surface area contributed by atoms with Crippen molar-refractivity contribution in [3.63, 3.8) is 0 Å². The first-order valence-electron chi connectivity index (χ1n) is 10.7. The molecular formula is C24H18Br4N4O4. The van der Waals surface area contributed by atoms with Crippen LogP contribution in [0.4, 0.5) is 11.6 Å². The lowest BCUT2D eigenvalue weighted by Gasteiger charge is -2.13. The number of fused-ring (bicyclic) bond motifs is 1. The number of esters is 1. The zero-order chi connectivity index (χ0) is 26.1. The molecule has 2 aromatic carbocycles. The van der Waals surface area contributed by atoms with E-state index in [2.05, 4.69) is 79.0 Å². The van der Waals surface area contributed by atoms with Crippen LogP contribution in [0, 0.1) is 13.8 Å². The maximum atomic E-state index is 12.9. The van der Waals surface area contributed by atoms with E-state index in [0.717, 1.165) is 22.0 Å². The van der Waals surface area contributed by atoms with Crippen molar-refractivity contribution < 1.29 is 19.1 Å². The van der Waals surface area contributed by atoms with Crippen LogP contribution in [0.15, 0.2) is 48.2 Å². The number of nitrogens with zero attached hydrogens (tertiary/aromatic N) is 3. The molecule has 0 saturated carbocycles. The van der Waals surface area contributed by atoms with Crippen molar-refractivity contribution in [1.82, 2.24) is 14.9 Å². The Morgan fingerprint density at radius 1 is 0.889 bits per heavy atom. The Morgan fingerprint density at radius 2 is 1.42 bits per heavy atom. The fraction of sp³-hybridized carbons (Fsp3) is 0.208. The molecule has 2 amide bonds. The third-order valence-electron chi connectivity index (χ3n) is 5.27. The molecule has 0 saturated heterocycles. The van der Waals surface area contributed by atoms with Crippen molar-refractivity contribution in [1.29, 1.82) is 0 Å². The van der Waals surface area contributed by atoms with Gasteiger partial charge in [-0.25, -0.2) is 9.97 Å². The number of amides is 2. The molecule has 12 heteroatoms. The standard InChI is InChI=1S/C24H18Br4N4O4/c1-11-10-12(2)30-24(29-11)31-13-5-7-14(8-6-13)36-15(33)4-3-9-32-22(34)16-17(23(32)35)19(26)21(28)20(27)18(16)25/h5-8,10H,3-4,9H2,1-2H3,(H,29,30,31). The lowest BCUT2D eigenvalue weighted by atomic mass is 10.1. The maximum absolute atomic E-state index is 12.9. The van der Waals surface area contributed by atoms with E-state index in [-0.39, 0.29) is 30.5 Å². The summed E-state index contributed by atoms with van der Waals surface area (Å²) in [6.07, 6.45) is 0.311. The monoisotopic (exact) mass is 742 g/mol. The highest BCUT2D eigenvalue weighted by Crippen LogP contribution is 2.45. The first-order valence-corrected chi connectivity index (χ1v) is 13.9. The van der Waals surface area contributed by atoms with Crippen molar-refractivity contribution in [2.24, 2.45) is 0 Å². The Morgan fingerprint density at radius 3 is 1.94 bits per heavy atom. The maximum Gasteiger partial charge on any atom is 0.311 e. The van der Waals surface area contributed by atoms with Gasteiger partial charge in [-0.05, 0) is 114 Å². The van der Waals surface area contributed by atoms with Crippen LogP contribution in [0.1, 0.15) is 44.9 Å². The number of carbonyl (C=O) groups excluding carboxylic acids is 3. The minimum absolute atomic E-state index is 0.0412. The van der Waals surface area contributed by atoms with Crippen molar-refractivity contribution in [3.05, 3.63) is 70.7 Å². The van der Waals surface area contributed by atoms with E-state index in [1.165, 1.54) is 0 Å². The van der Waals surface area contributed by atoms with Crippen molar-refractivity contribution >= 4 is 93.1 Å². The highest BCUT2D eigenvalue weighted by Gasteiger charge is 2.40. The largest absolute Gasteiger partial charge is 0.427 e. The molecule has 186 valence electrons. The van der Waals surface area contributed by atoms with E-state index in [4.69, 9.17) is 4.74 Å². The van der Waals surface area contributed by atoms with E-state index in [0.29, 0.717) is 29.6 Å². The number of benzene rings is 2. The minimum atomic E-state index is -0.460. The summed E-state index contributed by atoms with van der Waals surface area (Å²) in [4.78, 5) is 48.0. The quantitative estimate of drug-likeness (QED) is 0.0927. The first-order chi connectivity index (χ1) is 17.1. The molecule has 2 heterocycles. The Kier molecular flexibility index (Phi) is 8.28. The predicted molar refractivity (Wildman–Crippen MR) is 149 cm³/mol. The fourth-order valence-corrected chi connectivity index (χ4v) is 6.14. The number of aryl methyl sites for hydroxylation is 2. The number of imide groups is 1. The van der Waals surface area contributed by atoms with Gasteiger partial charge in [0, 0.05) is 47.9 Å². The van der Waals surface area contributed by atoms with Gasteiger partial charge < -0.3 is 10.1 Å². The zero-order valence-electron chi connectivity index (χ0n) is 19.0. The van der Waals surface area contributed by atoms with Crippen LogP contribution in [0.3, 0.4) is 0 Å². The number of ether oxygens (including phenoxy) is 1. The number of hydrogen-bond acceptors (Lipinski definition) is 7. The number of aromatic nitrogens is 2. The summed E-state index contributed by atoms with van der Waals surface area (Å²) in [5.41, 5.74) is 3.03. The van der Waals surface area contributed by atoms with Gasteiger partial charge in [0.15, 0.2) is 0 Å². The van der Waals surface area contributed by atoms with E-state index in [1.807, 2.05) is 19.9 Å². The number of rotatable bonds is 7. The Labute approximate surface area is 240 Å². The highest BCUT2D eigenvalue weighted by molar-refractivity contribution is 9.15. The molecule has 36 heavy (non-hydrogen) atoms. The third-order valence-corrected chi connectivity index (χ3v) is 10.0. The second-order valence-electron chi connectivity index (χ2n) is 7.97. The van der Waals surface area contributed by atoms with Crippen LogP contribution in [0.2, 0.25) is 0 Å². The topological polar surface area (TPSA) is 101 Å². The Hall–Kier alpha value is -2.15. The van der Waals surface area contributed by atoms with E-state index >= 15 is 0 Å². The van der Waals surface area contributed by atoms with Crippen molar-refractivity contribution in [2.75, 3.05) is 11.9 Å². The average molecular weight is 746 g/mol. The van der Waals surface area contributed by atoms with Crippen LogP contribution in [-0.2, 0) is 4.79 Å². The van der Waals surface area contributed by atoms with E-state index in [1.54, 1.807) is 24.3 Å². The van der Waals surface area contributed by atoms with Crippen molar-refractivity contribution in [2.45, 2.75) is 26.7 Å². The summed E-state index contributed by atoms with van der Waals surface area (Å²) in [5, 5.41) is 3.12. The normalized spacial score (nSPS) is 12.7. The number of anilines is 2. The minimum Gasteiger partial charge on any atom is -0.427 e. The molecule has 1 N–H and O–H groups in total. The molecule has 0 fully saturated rings. The van der Waals surface area contributed by atoms with Crippen LogP contribution >= 0.6 is 63.7 Å². The molecule has 1 aliphatic heterocycles. The molecule has 0 unspecified atom stereocenters. The summed E-state index contributed by atoms with van der Waals surface area (Å²) in [5.74, 6) is -0.419. The molecule has 1 aliphatic rings. The summed E-state index contributed by atoms with van der Waals surface area (Å²) in [6, 6.07) is 8.73. The zero-order valence-corrected chi connectivity index (χ0v) is 25.3. The Balaban J connectivity index is 1.32. The SMILES string of the molecule is Cc1cc(C)nc(Nc2ccc(OC(=O)CCCN3C(=O)c4c(Br)c(Br)c(Br)c(Br)c4C3=O)cc2)n1. The smallest absolute Gasteiger partial charge is 0.311 e. The van der Waals surface area contributed by atoms with Gasteiger partial charge in [0.2, 0.25) is 5.95 Å². The van der Waals surface area contributed by atoms with Crippen LogP contribution in [0.5, 0.6) is 5.75 Å². The Bertz CT molecular complexity index is 1330. The van der Waals surface area contributed by atoms with Gasteiger partial charge >= 0.3 is 5.97 Å². The molecule has 0 atom stereocenters. The second kappa shape index (κ2) is 11.1. The summed E-state index contributed by atoms with van der Waals surface area (Å²) in [6.45, 7) is 3.88. The lowest BCUT2D eigenvalue weighted by molar-refractivity contribution is -0.134. The van der Waals surface area contributed by atoms with Gasteiger partial charge in [-0.15, -0.1) is 0 Å². The van der Waals surface area contributed by atoms with Gasteiger partial charge in [0.05, 0.1) is 11.1 Å². The molecule has 8 nitrogen and oxygen atoms in total.